The molecule has 0 saturated carbocycles. The van der Waals surface area contributed by atoms with Gasteiger partial charge in [-0.25, -0.2) is 0 Å². The number of carboxylic acid groups (broad SMARTS) is 1. The van der Waals surface area contributed by atoms with Crippen LogP contribution < -0.4 is 5.73 Å². The molecule has 1 unspecified atom stereocenters. The fraction of sp³-hybridized carbons (Fsp3) is 0.556. The summed E-state index contributed by atoms with van der Waals surface area (Å²) < 4.78 is 1.78. The molecule has 1 aromatic rings. The molecule has 0 radical (unpaired) electrons. The number of carboxylic acids is 1. The summed E-state index contributed by atoms with van der Waals surface area (Å²) in [6, 6.07) is 1.16. The summed E-state index contributed by atoms with van der Waals surface area (Å²) in [7, 11) is 0. The van der Waals surface area contributed by atoms with Crippen molar-refractivity contribution in [3.05, 3.63) is 18.0 Å². The minimum atomic E-state index is -0.985. The van der Waals surface area contributed by atoms with E-state index in [4.69, 9.17) is 10.8 Å². The van der Waals surface area contributed by atoms with Crippen molar-refractivity contribution < 1.29 is 9.90 Å². The molecule has 14 heavy (non-hydrogen) atoms. The minimum Gasteiger partial charge on any atom is -0.480 e. The number of hydrogen-bond donors (Lipinski definition) is 2. The Morgan fingerprint density at radius 3 is 2.86 bits per heavy atom. The SMILES string of the molecule is CC(C)n1nccc1CC(N)C(=O)O. The highest BCUT2D eigenvalue weighted by Crippen LogP contribution is 2.09. The first kappa shape index (κ1) is 10.7. The lowest BCUT2D eigenvalue weighted by atomic mass is 10.1. The van der Waals surface area contributed by atoms with Crippen LogP contribution in [-0.2, 0) is 11.2 Å². The van der Waals surface area contributed by atoms with Crippen molar-refractivity contribution in [3.63, 3.8) is 0 Å². The van der Waals surface area contributed by atoms with Crippen molar-refractivity contribution in [2.45, 2.75) is 32.4 Å². The fourth-order valence-electron chi connectivity index (χ4n) is 1.28. The summed E-state index contributed by atoms with van der Waals surface area (Å²) in [4.78, 5) is 10.6. The van der Waals surface area contributed by atoms with Crippen LogP contribution >= 0.6 is 0 Å². The molecule has 0 saturated heterocycles. The second-order valence-electron chi connectivity index (χ2n) is 3.51. The summed E-state index contributed by atoms with van der Waals surface area (Å²) in [6.07, 6.45) is 1.97. The second kappa shape index (κ2) is 4.23. The van der Waals surface area contributed by atoms with Crippen molar-refractivity contribution in [2.24, 2.45) is 5.73 Å². The largest absolute Gasteiger partial charge is 0.480 e. The van der Waals surface area contributed by atoms with Crippen molar-refractivity contribution in [2.75, 3.05) is 0 Å². The monoisotopic (exact) mass is 197 g/mol. The lowest BCUT2D eigenvalue weighted by Crippen LogP contribution is -2.33. The van der Waals surface area contributed by atoms with Gasteiger partial charge in [-0.2, -0.15) is 5.10 Å². The van der Waals surface area contributed by atoms with Crippen LogP contribution in [-0.4, -0.2) is 26.9 Å². The average Bonchev–Trinajstić information content (AvgIpc) is 2.52. The molecule has 1 rings (SSSR count). The third-order valence-corrected chi connectivity index (χ3v) is 1.99. The first-order valence-corrected chi connectivity index (χ1v) is 4.53. The van der Waals surface area contributed by atoms with Gasteiger partial charge in [-0.3, -0.25) is 9.48 Å². The van der Waals surface area contributed by atoms with E-state index in [0.29, 0.717) is 6.42 Å². The van der Waals surface area contributed by atoms with Crippen LogP contribution in [0.15, 0.2) is 12.3 Å². The van der Waals surface area contributed by atoms with Gasteiger partial charge in [0.25, 0.3) is 0 Å². The van der Waals surface area contributed by atoms with Crippen molar-refractivity contribution in [1.29, 1.82) is 0 Å². The third-order valence-electron chi connectivity index (χ3n) is 1.99. The molecule has 0 amide bonds. The van der Waals surface area contributed by atoms with Crippen LogP contribution in [0.5, 0.6) is 0 Å². The molecule has 1 heterocycles. The predicted octanol–water partition coefficient (Wildman–Crippen LogP) is 0.418. The van der Waals surface area contributed by atoms with E-state index < -0.39 is 12.0 Å². The zero-order valence-electron chi connectivity index (χ0n) is 8.34. The van der Waals surface area contributed by atoms with Gasteiger partial charge in [-0.05, 0) is 19.9 Å². The normalized spacial score (nSPS) is 13.1. The first-order valence-electron chi connectivity index (χ1n) is 4.53. The molecule has 0 spiro atoms. The van der Waals surface area contributed by atoms with Crippen molar-refractivity contribution in [3.8, 4) is 0 Å². The van der Waals surface area contributed by atoms with E-state index in [9.17, 15) is 4.79 Å². The number of aromatic nitrogens is 2. The fourth-order valence-corrected chi connectivity index (χ4v) is 1.28. The van der Waals surface area contributed by atoms with Gasteiger partial charge in [0.1, 0.15) is 6.04 Å². The van der Waals surface area contributed by atoms with Crippen LogP contribution in [0.4, 0.5) is 0 Å². The van der Waals surface area contributed by atoms with Crippen molar-refractivity contribution in [1.82, 2.24) is 9.78 Å². The van der Waals surface area contributed by atoms with Crippen LogP contribution in [0, 0.1) is 0 Å². The molecular weight excluding hydrogens is 182 g/mol. The molecule has 0 fully saturated rings. The Balaban J connectivity index is 2.76. The van der Waals surface area contributed by atoms with Gasteiger partial charge in [-0.1, -0.05) is 0 Å². The van der Waals surface area contributed by atoms with Crippen LogP contribution in [0.1, 0.15) is 25.6 Å². The van der Waals surface area contributed by atoms with Crippen LogP contribution in [0.2, 0.25) is 0 Å². The second-order valence-corrected chi connectivity index (χ2v) is 3.51. The van der Waals surface area contributed by atoms with E-state index in [1.807, 2.05) is 13.8 Å². The average molecular weight is 197 g/mol. The van der Waals surface area contributed by atoms with Gasteiger partial charge in [0.15, 0.2) is 0 Å². The van der Waals surface area contributed by atoms with Crippen LogP contribution in [0.25, 0.3) is 0 Å². The molecule has 5 heteroatoms. The van der Waals surface area contributed by atoms with Gasteiger partial charge < -0.3 is 10.8 Å². The molecule has 0 aliphatic heterocycles. The maximum Gasteiger partial charge on any atom is 0.320 e. The molecule has 3 N–H and O–H groups in total. The maximum atomic E-state index is 10.6. The smallest absolute Gasteiger partial charge is 0.320 e. The highest BCUT2D eigenvalue weighted by molar-refractivity contribution is 5.73. The molecule has 78 valence electrons. The van der Waals surface area contributed by atoms with E-state index in [2.05, 4.69) is 5.10 Å². The van der Waals surface area contributed by atoms with Crippen LogP contribution in [0.3, 0.4) is 0 Å². The highest BCUT2D eigenvalue weighted by atomic mass is 16.4. The van der Waals surface area contributed by atoms with Gasteiger partial charge in [0.2, 0.25) is 0 Å². The summed E-state index contributed by atoms with van der Waals surface area (Å²) in [5, 5.41) is 12.8. The number of carbonyl (C=O) groups is 1. The quantitative estimate of drug-likeness (QED) is 0.732. The standard InChI is InChI=1S/C9H15N3O2/c1-6(2)12-7(3-4-11-12)5-8(10)9(13)14/h3-4,6,8H,5,10H2,1-2H3,(H,13,14). The maximum absolute atomic E-state index is 10.6. The van der Waals surface area contributed by atoms with E-state index in [0.717, 1.165) is 5.69 Å². The molecule has 1 atom stereocenters. The summed E-state index contributed by atoms with van der Waals surface area (Å²) >= 11 is 0. The molecule has 0 aromatic carbocycles. The van der Waals surface area contributed by atoms with Gasteiger partial charge >= 0.3 is 5.97 Å². The Bertz CT molecular complexity index is 320. The Hall–Kier alpha value is -1.36. The van der Waals surface area contributed by atoms with E-state index in [1.54, 1.807) is 16.9 Å². The molecule has 0 aliphatic carbocycles. The zero-order chi connectivity index (χ0) is 10.7. The highest BCUT2D eigenvalue weighted by Gasteiger charge is 2.15. The first-order chi connectivity index (χ1) is 6.52. The molecule has 0 aliphatic rings. The molecule has 5 nitrogen and oxygen atoms in total. The summed E-state index contributed by atoms with van der Waals surface area (Å²) in [5.74, 6) is -0.985. The van der Waals surface area contributed by atoms with E-state index in [1.165, 1.54) is 0 Å². The summed E-state index contributed by atoms with van der Waals surface area (Å²) in [5.41, 5.74) is 6.29. The van der Waals surface area contributed by atoms with E-state index >= 15 is 0 Å². The van der Waals surface area contributed by atoms with E-state index in [-0.39, 0.29) is 6.04 Å². The molecule has 1 aromatic heterocycles. The lowest BCUT2D eigenvalue weighted by Gasteiger charge is -2.12. The number of nitrogens with zero attached hydrogens (tertiary/aromatic N) is 2. The topological polar surface area (TPSA) is 81.1 Å². The number of nitrogens with two attached hydrogens (primary N) is 1. The third kappa shape index (κ3) is 2.32. The Labute approximate surface area is 82.5 Å². The molecule has 0 bridgehead atoms. The zero-order valence-corrected chi connectivity index (χ0v) is 8.34. The van der Waals surface area contributed by atoms with Crippen molar-refractivity contribution >= 4 is 5.97 Å². The number of rotatable bonds is 4. The Morgan fingerprint density at radius 2 is 2.36 bits per heavy atom. The van der Waals surface area contributed by atoms with Gasteiger partial charge in [-0.15, -0.1) is 0 Å². The Kier molecular flexibility index (Phi) is 3.24. The van der Waals surface area contributed by atoms with Gasteiger partial charge in [0, 0.05) is 24.4 Å². The molecular formula is C9H15N3O2. The minimum absolute atomic E-state index is 0.223. The number of hydrogen-bond acceptors (Lipinski definition) is 3. The number of aliphatic carboxylic acids is 1. The summed E-state index contributed by atoms with van der Waals surface area (Å²) in [6.45, 7) is 3.98. The predicted molar refractivity (Wildman–Crippen MR) is 51.9 cm³/mol. The lowest BCUT2D eigenvalue weighted by molar-refractivity contribution is -0.138. The Morgan fingerprint density at radius 1 is 1.71 bits per heavy atom. The van der Waals surface area contributed by atoms with Gasteiger partial charge in [0.05, 0.1) is 0 Å².